The average Bonchev–Trinajstić information content (AvgIpc) is 2.80. The first-order chi connectivity index (χ1) is 8.82. The minimum atomic E-state index is -0.883. The molecule has 2 nitrogen and oxygen atoms in total. The minimum absolute atomic E-state index is 0.136. The Hall–Kier alpha value is -0.990. The summed E-state index contributed by atoms with van der Waals surface area (Å²) in [5.41, 5.74) is -0.0764. The largest absolute Gasteiger partial charge is 0.456 e. The molecule has 1 N–H and O–H groups in total. The smallest absolute Gasteiger partial charge is 0.153 e. The predicted octanol–water partition coefficient (Wildman–Crippen LogP) is 4.73. The number of hydrogen-bond acceptors (Lipinski definition) is 2. The van der Waals surface area contributed by atoms with E-state index in [1.54, 1.807) is 0 Å². The average molecular weight is 279 g/mol. The molecule has 1 heterocycles. The number of furan rings is 1. The number of aliphatic hydroxyl groups is 1. The van der Waals surface area contributed by atoms with Crippen molar-refractivity contribution in [3.8, 4) is 0 Å². The van der Waals surface area contributed by atoms with Gasteiger partial charge in [-0.3, -0.25) is 0 Å². The van der Waals surface area contributed by atoms with Crippen molar-refractivity contribution in [2.24, 2.45) is 11.3 Å². The summed E-state index contributed by atoms with van der Waals surface area (Å²) in [7, 11) is 0. The van der Waals surface area contributed by atoms with Gasteiger partial charge in [0.15, 0.2) is 5.58 Å². The summed E-state index contributed by atoms with van der Waals surface area (Å²) in [6, 6.07) is 7.60. The van der Waals surface area contributed by atoms with Crippen LogP contribution in [-0.4, -0.2) is 5.11 Å². The van der Waals surface area contributed by atoms with Crippen molar-refractivity contribution in [2.45, 2.75) is 39.2 Å². The van der Waals surface area contributed by atoms with Crippen LogP contribution in [0, 0.1) is 11.3 Å². The number of benzene rings is 1. The van der Waals surface area contributed by atoms with Gasteiger partial charge in [0.05, 0.1) is 5.02 Å². The number of para-hydroxylation sites is 1. The molecule has 19 heavy (non-hydrogen) atoms. The normalized spacial score (nSPS) is 30.1. The fourth-order valence-corrected chi connectivity index (χ4v) is 3.76. The van der Waals surface area contributed by atoms with E-state index in [9.17, 15) is 5.11 Å². The molecule has 1 saturated carbocycles. The Bertz CT molecular complexity index is 629. The topological polar surface area (TPSA) is 33.4 Å². The van der Waals surface area contributed by atoms with Gasteiger partial charge in [0.25, 0.3) is 0 Å². The Morgan fingerprint density at radius 2 is 2.11 bits per heavy atom. The third-order valence-electron chi connectivity index (χ3n) is 4.34. The second-order valence-corrected chi connectivity index (χ2v) is 7.05. The van der Waals surface area contributed by atoms with Gasteiger partial charge in [-0.2, -0.15) is 0 Å². The lowest BCUT2D eigenvalue weighted by molar-refractivity contribution is -0.0194. The van der Waals surface area contributed by atoms with Crippen molar-refractivity contribution in [3.05, 3.63) is 35.0 Å². The summed E-state index contributed by atoms with van der Waals surface area (Å²) in [5, 5.41) is 12.6. The second kappa shape index (κ2) is 4.00. The van der Waals surface area contributed by atoms with Crippen molar-refractivity contribution in [3.63, 3.8) is 0 Å². The first-order valence-electron chi connectivity index (χ1n) is 6.73. The zero-order chi connectivity index (χ0) is 13.8. The molecule has 0 saturated heterocycles. The standard InChI is InChI=1S/C16H19ClO2/c1-10-8-15(2,3)9-16(10,18)13-7-11-5-4-6-12(17)14(11)19-13/h4-7,10,18H,8-9H2,1-3H3. The SMILES string of the molecule is CC1CC(C)(C)CC1(O)c1cc2cccc(Cl)c2o1. The molecule has 2 unspecified atom stereocenters. The number of hydrogen-bond donors (Lipinski definition) is 1. The maximum absolute atomic E-state index is 11.0. The van der Waals surface area contributed by atoms with Gasteiger partial charge >= 0.3 is 0 Å². The van der Waals surface area contributed by atoms with Gasteiger partial charge in [0, 0.05) is 5.39 Å². The van der Waals surface area contributed by atoms with Crippen LogP contribution in [0.1, 0.15) is 39.4 Å². The van der Waals surface area contributed by atoms with E-state index in [-0.39, 0.29) is 11.3 Å². The highest BCUT2D eigenvalue weighted by Crippen LogP contribution is 2.53. The maximum Gasteiger partial charge on any atom is 0.153 e. The van der Waals surface area contributed by atoms with E-state index in [1.807, 2.05) is 24.3 Å². The lowest BCUT2D eigenvalue weighted by Gasteiger charge is -2.25. The van der Waals surface area contributed by atoms with Crippen molar-refractivity contribution in [1.29, 1.82) is 0 Å². The van der Waals surface area contributed by atoms with Crippen molar-refractivity contribution < 1.29 is 9.52 Å². The predicted molar refractivity (Wildman–Crippen MR) is 77.3 cm³/mol. The minimum Gasteiger partial charge on any atom is -0.456 e. The van der Waals surface area contributed by atoms with Crippen LogP contribution in [0.3, 0.4) is 0 Å². The van der Waals surface area contributed by atoms with Crippen LogP contribution >= 0.6 is 11.6 Å². The molecule has 0 spiro atoms. The van der Waals surface area contributed by atoms with Crippen LogP contribution in [0.4, 0.5) is 0 Å². The molecule has 1 aliphatic carbocycles. The molecule has 102 valence electrons. The highest BCUT2D eigenvalue weighted by atomic mass is 35.5. The molecule has 3 heteroatoms. The van der Waals surface area contributed by atoms with Crippen LogP contribution in [0.15, 0.2) is 28.7 Å². The van der Waals surface area contributed by atoms with Gasteiger partial charge in [-0.1, -0.05) is 44.5 Å². The Labute approximate surface area is 118 Å². The Kier molecular flexibility index (Phi) is 2.74. The van der Waals surface area contributed by atoms with E-state index in [0.717, 1.165) is 18.2 Å². The van der Waals surface area contributed by atoms with E-state index in [0.29, 0.717) is 16.4 Å². The molecule has 0 bridgehead atoms. The molecule has 0 amide bonds. The molecular weight excluding hydrogens is 260 g/mol. The Balaban J connectivity index is 2.12. The molecule has 0 radical (unpaired) electrons. The summed E-state index contributed by atoms with van der Waals surface area (Å²) in [4.78, 5) is 0. The first kappa shape index (κ1) is 13.0. The van der Waals surface area contributed by atoms with Gasteiger partial charge < -0.3 is 9.52 Å². The molecule has 1 fully saturated rings. The zero-order valence-corrected chi connectivity index (χ0v) is 12.3. The number of rotatable bonds is 1. The van der Waals surface area contributed by atoms with Gasteiger partial charge in [-0.25, -0.2) is 0 Å². The highest BCUT2D eigenvalue weighted by Gasteiger charge is 2.50. The first-order valence-corrected chi connectivity index (χ1v) is 7.11. The van der Waals surface area contributed by atoms with Crippen molar-refractivity contribution >= 4 is 22.6 Å². The Morgan fingerprint density at radius 3 is 2.68 bits per heavy atom. The third kappa shape index (κ3) is 1.98. The van der Waals surface area contributed by atoms with Crippen LogP contribution in [0.25, 0.3) is 11.0 Å². The fraction of sp³-hybridized carbons (Fsp3) is 0.500. The Morgan fingerprint density at radius 1 is 1.37 bits per heavy atom. The second-order valence-electron chi connectivity index (χ2n) is 6.64. The molecule has 3 rings (SSSR count). The lowest BCUT2D eigenvalue weighted by Crippen LogP contribution is -2.28. The van der Waals surface area contributed by atoms with E-state index in [2.05, 4.69) is 20.8 Å². The van der Waals surface area contributed by atoms with Gasteiger partial charge in [0.2, 0.25) is 0 Å². The summed E-state index contributed by atoms with van der Waals surface area (Å²) in [6.45, 7) is 6.47. The summed E-state index contributed by atoms with van der Waals surface area (Å²) in [5.74, 6) is 0.829. The van der Waals surface area contributed by atoms with E-state index < -0.39 is 5.60 Å². The van der Waals surface area contributed by atoms with E-state index in [4.69, 9.17) is 16.0 Å². The van der Waals surface area contributed by atoms with Crippen LogP contribution in [-0.2, 0) is 5.60 Å². The molecular formula is C16H19ClO2. The molecule has 2 atom stereocenters. The molecule has 1 aromatic heterocycles. The van der Waals surface area contributed by atoms with Crippen LogP contribution in [0.5, 0.6) is 0 Å². The van der Waals surface area contributed by atoms with E-state index >= 15 is 0 Å². The van der Waals surface area contributed by atoms with Crippen molar-refractivity contribution in [1.82, 2.24) is 0 Å². The van der Waals surface area contributed by atoms with Crippen LogP contribution in [0.2, 0.25) is 5.02 Å². The van der Waals surface area contributed by atoms with E-state index in [1.165, 1.54) is 0 Å². The lowest BCUT2D eigenvalue weighted by atomic mass is 9.87. The van der Waals surface area contributed by atoms with Crippen LogP contribution < -0.4 is 0 Å². The molecule has 1 aliphatic rings. The summed E-state index contributed by atoms with van der Waals surface area (Å²) >= 11 is 6.14. The van der Waals surface area contributed by atoms with Gasteiger partial charge in [-0.05, 0) is 36.3 Å². The quantitative estimate of drug-likeness (QED) is 0.818. The monoisotopic (exact) mass is 278 g/mol. The van der Waals surface area contributed by atoms with Gasteiger partial charge in [-0.15, -0.1) is 0 Å². The number of fused-ring (bicyclic) bond motifs is 1. The molecule has 0 aliphatic heterocycles. The molecule has 2 aromatic rings. The number of halogens is 1. The maximum atomic E-state index is 11.0. The fourth-order valence-electron chi connectivity index (χ4n) is 3.54. The molecule has 1 aromatic carbocycles. The van der Waals surface area contributed by atoms with Crippen molar-refractivity contribution in [2.75, 3.05) is 0 Å². The van der Waals surface area contributed by atoms with Gasteiger partial charge in [0.1, 0.15) is 11.4 Å². The third-order valence-corrected chi connectivity index (χ3v) is 4.64. The summed E-state index contributed by atoms with van der Waals surface area (Å²) < 4.78 is 5.87. The highest BCUT2D eigenvalue weighted by molar-refractivity contribution is 6.34. The zero-order valence-electron chi connectivity index (χ0n) is 11.5. The summed E-state index contributed by atoms with van der Waals surface area (Å²) in [6.07, 6.45) is 1.72.